The van der Waals surface area contributed by atoms with Gasteiger partial charge in [-0.1, -0.05) is 84.4 Å². The number of aryl methyl sites for hydroxylation is 1. The maximum absolute atomic E-state index is 14.3. The summed E-state index contributed by atoms with van der Waals surface area (Å²) in [4.78, 5) is 29.4. The number of hydrogen-bond donors (Lipinski definition) is 1. The van der Waals surface area contributed by atoms with E-state index in [1.54, 1.807) is 55.5 Å². The van der Waals surface area contributed by atoms with Crippen LogP contribution < -0.4 is 9.62 Å². The molecule has 4 rings (SSSR count). The van der Waals surface area contributed by atoms with Gasteiger partial charge in [-0.25, -0.2) is 8.42 Å². The van der Waals surface area contributed by atoms with E-state index in [1.807, 2.05) is 13.8 Å². The molecule has 1 unspecified atom stereocenters. The largest absolute Gasteiger partial charge is 0.352 e. The van der Waals surface area contributed by atoms with Crippen LogP contribution >= 0.6 is 34.8 Å². The van der Waals surface area contributed by atoms with Crippen LogP contribution in [0, 0.1) is 13.8 Å². The normalized spacial score (nSPS) is 14.4. The quantitative estimate of drug-likeness (QED) is 0.233. The summed E-state index contributed by atoms with van der Waals surface area (Å²) < 4.78 is 29.3. The molecule has 1 saturated carbocycles. The van der Waals surface area contributed by atoms with Crippen LogP contribution in [0.5, 0.6) is 0 Å². The minimum Gasteiger partial charge on any atom is -0.352 e. The molecular formula is C32H36Cl3N3O4S. The number of nitrogens with one attached hydrogen (secondary N) is 1. The summed E-state index contributed by atoms with van der Waals surface area (Å²) in [7, 11) is -4.21. The summed E-state index contributed by atoms with van der Waals surface area (Å²) in [6.07, 6.45) is 4.16. The standard InChI is InChI=1S/C32H36Cl3N3O4S/c1-4-29(32(40)36-25-8-5-6-9-25)37(19-23-14-15-24(33)18-28(23)35)31(39)20-38(30-11-7-10-27(34)22(30)3)43(41,42)26-16-12-21(2)13-17-26/h7,10-18,25,29H,4-6,8-9,19-20H2,1-3H3,(H,36,40). The number of anilines is 1. The lowest BCUT2D eigenvalue weighted by Gasteiger charge is -2.34. The van der Waals surface area contributed by atoms with Gasteiger partial charge in [-0.3, -0.25) is 13.9 Å². The van der Waals surface area contributed by atoms with Crippen LogP contribution in [-0.2, 0) is 26.2 Å². The Morgan fingerprint density at radius 2 is 1.63 bits per heavy atom. The first-order chi connectivity index (χ1) is 20.4. The number of amides is 2. The van der Waals surface area contributed by atoms with Crippen LogP contribution in [-0.4, -0.2) is 43.8 Å². The van der Waals surface area contributed by atoms with E-state index in [2.05, 4.69) is 5.32 Å². The second-order valence-corrected chi connectivity index (χ2v) is 14.0. The topological polar surface area (TPSA) is 86.8 Å². The average molecular weight is 665 g/mol. The predicted molar refractivity (Wildman–Crippen MR) is 173 cm³/mol. The van der Waals surface area contributed by atoms with Gasteiger partial charge in [0.1, 0.15) is 12.6 Å². The van der Waals surface area contributed by atoms with E-state index in [1.165, 1.54) is 17.0 Å². The van der Waals surface area contributed by atoms with E-state index in [0.717, 1.165) is 35.6 Å². The lowest BCUT2D eigenvalue weighted by molar-refractivity contribution is -0.140. The number of nitrogens with zero attached hydrogens (tertiary/aromatic N) is 2. The van der Waals surface area contributed by atoms with Crippen molar-refractivity contribution in [2.75, 3.05) is 10.8 Å². The first-order valence-electron chi connectivity index (χ1n) is 14.3. The Labute approximate surface area is 269 Å². The molecule has 1 aliphatic carbocycles. The molecule has 0 bridgehead atoms. The van der Waals surface area contributed by atoms with E-state index in [4.69, 9.17) is 34.8 Å². The molecule has 230 valence electrons. The zero-order valence-corrected chi connectivity index (χ0v) is 27.5. The zero-order valence-electron chi connectivity index (χ0n) is 24.4. The Morgan fingerprint density at radius 3 is 2.26 bits per heavy atom. The number of carbonyl (C=O) groups excluding carboxylic acids is 2. The number of rotatable bonds is 11. The lowest BCUT2D eigenvalue weighted by Crippen LogP contribution is -2.53. The van der Waals surface area contributed by atoms with E-state index in [0.29, 0.717) is 32.6 Å². The van der Waals surface area contributed by atoms with Gasteiger partial charge < -0.3 is 10.2 Å². The van der Waals surface area contributed by atoms with Gasteiger partial charge in [-0.15, -0.1) is 0 Å². The number of carbonyl (C=O) groups is 2. The van der Waals surface area contributed by atoms with Gasteiger partial charge in [0.25, 0.3) is 10.0 Å². The Bertz CT molecular complexity index is 1580. The van der Waals surface area contributed by atoms with Crippen LogP contribution in [0.4, 0.5) is 5.69 Å². The van der Waals surface area contributed by atoms with Crippen LogP contribution in [0.1, 0.15) is 55.7 Å². The molecule has 1 fully saturated rings. The third kappa shape index (κ3) is 7.85. The molecule has 7 nitrogen and oxygen atoms in total. The van der Waals surface area contributed by atoms with Crippen LogP contribution in [0.25, 0.3) is 0 Å². The van der Waals surface area contributed by atoms with Crippen molar-refractivity contribution < 1.29 is 18.0 Å². The summed E-state index contributed by atoms with van der Waals surface area (Å²) >= 11 is 19.0. The SMILES string of the molecule is CCC(C(=O)NC1CCCC1)N(Cc1ccc(Cl)cc1Cl)C(=O)CN(c1cccc(Cl)c1C)S(=O)(=O)c1ccc(C)cc1. The minimum atomic E-state index is -4.21. The van der Waals surface area contributed by atoms with Gasteiger partial charge in [-0.05, 0) is 80.6 Å². The van der Waals surface area contributed by atoms with Gasteiger partial charge in [0.2, 0.25) is 11.8 Å². The van der Waals surface area contributed by atoms with Crippen LogP contribution in [0.3, 0.4) is 0 Å². The lowest BCUT2D eigenvalue weighted by atomic mass is 10.1. The molecule has 0 heterocycles. The third-order valence-electron chi connectivity index (χ3n) is 7.84. The van der Waals surface area contributed by atoms with Gasteiger partial charge in [0.05, 0.1) is 10.6 Å². The number of sulfonamides is 1. The number of hydrogen-bond acceptors (Lipinski definition) is 4. The van der Waals surface area contributed by atoms with Gasteiger partial charge in [0, 0.05) is 27.7 Å². The smallest absolute Gasteiger partial charge is 0.264 e. The highest BCUT2D eigenvalue weighted by Gasteiger charge is 2.35. The highest BCUT2D eigenvalue weighted by Crippen LogP contribution is 2.32. The Morgan fingerprint density at radius 1 is 0.953 bits per heavy atom. The minimum absolute atomic E-state index is 0.0155. The van der Waals surface area contributed by atoms with E-state index in [-0.39, 0.29) is 29.1 Å². The zero-order chi connectivity index (χ0) is 31.3. The highest BCUT2D eigenvalue weighted by molar-refractivity contribution is 7.92. The third-order valence-corrected chi connectivity index (χ3v) is 10.6. The van der Waals surface area contributed by atoms with Crippen molar-refractivity contribution in [1.82, 2.24) is 10.2 Å². The summed E-state index contributed by atoms with van der Waals surface area (Å²) in [5, 5.41) is 4.24. The summed E-state index contributed by atoms with van der Waals surface area (Å²) in [5.41, 5.74) is 2.25. The Balaban J connectivity index is 1.76. The summed E-state index contributed by atoms with van der Waals surface area (Å²) in [5.74, 6) is -0.839. The van der Waals surface area contributed by atoms with E-state index in [9.17, 15) is 18.0 Å². The van der Waals surface area contributed by atoms with E-state index >= 15 is 0 Å². The maximum Gasteiger partial charge on any atom is 0.264 e. The second-order valence-electron chi connectivity index (χ2n) is 10.9. The van der Waals surface area contributed by atoms with Crippen molar-refractivity contribution in [3.8, 4) is 0 Å². The molecule has 0 saturated heterocycles. The molecule has 0 aromatic heterocycles. The number of halogens is 3. The monoisotopic (exact) mass is 663 g/mol. The summed E-state index contributed by atoms with van der Waals surface area (Å²) in [6, 6.07) is 15.5. The van der Waals surface area contributed by atoms with Crippen molar-refractivity contribution in [3.63, 3.8) is 0 Å². The van der Waals surface area contributed by atoms with Crippen molar-refractivity contribution in [3.05, 3.63) is 92.4 Å². The maximum atomic E-state index is 14.3. The fourth-order valence-corrected chi connectivity index (χ4v) is 7.45. The second kappa shape index (κ2) is 14.3. The predicted octanol–water partition coefficient (Wildman–Crippen LogP) is 7.33. The molecule has 3 aromatic rings. The molecule has 11 heteroatoms. The fraction of sp³-hybridized carbons (Fsp3) is 0.375. The van der Waals surface area contributed by atoms with Crippen molar-refractivity contribution >= 4 is 62.3 Å². The molecule has 1 N–H and O–H groups in total. The highest BCUT2D eigenvalue weighted by atomic mass is 35.5. The number of benzene rings is 3. The molecule has 1 aliphatic rings. The molecule has 3 aromatic carbocycles. The van der Waals surface area contributed by atoms with E-state index < -0.39 is 28.5 Å². The molecule has 1 atom stereocenters. The first-order valence-corrected chi connectivity index (χ1v) is 16.9. The fourth-order valence-electron chi connectivity index (χ4n) is 5.34. The van der Waals surface area contributed by atoms with Crippen LogP contribution in [0.2, 0.25) is 15.1 Å². The van der Waals surface area contributed by atoms with Gasteiger partial charge >= 0.3 is 0 Å². The van der Waals surface area contributed by atoms with Crippen LogP contribution in [0.15, 0.2) is 65.6 Å². The van der Waals surface area contributed by atoms with Gasteiger partial charge in [-0.2, -0.15) is 0 Å². The van der Waals surface area contributed by atoms with Crippen molar-refractivity contribution in [1.29, 1.82) is 0 Å². The average Bonchev–Trinajstić information content (AvgIpc) is 3.47. The summed E-state index contributed by atoms with van der Waals surface area (Å²) in [6.45, 7) is 4.81. The Hall–Kier alpha value is -2.78. The molecule has 2 amide bonds. The molecule has 0 spiro atoms. The molecule has 0 radical (unpaired) electrons. The van der Waals surface area contributed by atoms with Crippen molar-refractivity contribution in [2.45, 2.75) is 76.4 Å². The van der Waals surface area contributed by atoms with Gasteiger partial charge in [0.15, 0.2) is 0 Å². The molecule has 0 aliphatic heterocycles. The first kappa shape index (κ1) is 33.1. The molecular weight excluding hydrogens is 629 g/mol. The Kier molecular flexibility index (Phi) is 11.0. The molecule has 43 heavy (non-hydrogen) atoms. The van der Waals surface area contributed by atoms with Crippen molar-refractivity contribution in [2.24, 2.45) is 0 Å².